The van der Waals surface area contributed by atoms with Crippen LogP contribution in [0, 0.1) is 0 Å². The third-order valence-electron chi connectivity index (χ3n) is 3.64. The van der Waals surface area contributed by atoms with E-state index in [1.165, 1.54) is 32.4 Å². The fraction of sp³-hybridized carbons (Fsp3) is 0.188. The van der Waals surface area contributed by atoms with Gasteiger partial charge in [-0.1, -0.05) is 0 Å². The van der Waals surface area contributed by atoms with Crippen molar-refractivity contribution in [3.8, 4) is 11.5 Å². The number of rotatable bonds is 7. The lowest BCUT2D eigenvalue weighted by Gasteiger charge is -2.13. The number of benzene rings is 2. The van der Waals surface area contributed by atoms with E-state index in [0.29, 0.717) is 0 Å². The predicted molar refractivity (Wildman–Crippen MR) is 93.4 cm³/mol. The molecule has 0 aliphatic heterocycles. The van der Waals surface area contributed by atoms with Crippen molar-refractivity contribution in [3.05, 3.63) is 47.5 Å². The van der Waals surface area contributed by atoms with Crippen molar-refractivity contribution in [2.45, 2.75) is 9.79 Å². The lowest BCUT2D eigenvalue weighted by atomic mass is 10.0. The van der Waals surface area contributed by atoms with E-state index in [2.05, 4.69) is 4.18 Å². The van der Waals surface area contributed by atoms with Crippen molar-refractivity contribution in [2.75, 3.05) is 21.3 Å². The molecular weight excluding hydrogens is 400 g/mol. The summed E-state index contributed by atoms with van der Waals surface area (Å²) in [5.74, 6) is -0.703. The van der Waals surface area contributed by atoms with E-state index in [1.807, 2.05) is 0 Å². The molecule has 0 aliphatic carbocycles. The molecule has 0 radical (unpaired) electrons. The summed E-state index contributed by atoms with van der Waals surface area (Å²) >= 11 is 0. The number of hydrogen-bond acceptors (Lipinski definition) is 8. The molecule has 1 N–H and O–H groups in total. The van der Waals surface area contributed by atoms with Crippen molar-refractivity contribution < 1.29 is 39.8 Å². The van der Waals surface area contributed by atoms with Crippen molar-refractivity contribution in [1.82, 2.24) is 0 Å². The first-order valence-corrected chi connectivity index (χ1v) is 10.1. The largest absolute Gasteiger partial charge is 0.496 e. The normalized spacial score (nSPS) is 11.9. The van der Waals surface area contributed by atoms with Crippen LogP contribution >= 0.6 is 0 Å². The topological polar surface area (TPSA) is 133 Å². The molecule has 9 nitrogen and oxygen atoms in total. The summed E-state index contributed by atoms with van der Waals surface area (Å²) in [5, 5.41) is 0. The molecule has 0 spiro atoms. The maximum atomic E-state index is 13.0. The zero-order chi connectivity index (χ0) is 20.4. The van der Waals surface area contributed by atoms with Gasteiger partial charge in [-0.05, 0) is 36.4 Å². The van der Waals surface area contributed by atoms with E-state index in [9.17, 15) is 26.2 Å². The second-order valence-corrected chi connectivity index (χ2v) is 8.28. The minimum absolute atomic E-state index is 0.0226. The molecule has 2 rings (SSSR count). The molecule has 2 aromatic carbocycles. The lowest BCUT2D eigenvalue weighted by molar-refractivity contribution is 0.103. The second-order valence-electron chi connectivity index (χ2n) is 5.15. The van der Waals surface area contributed by atoms with Crippen molar-refractivity contribution in [2.24, 2.45) is 0 Å². The molecule has 0 aromatic heterocycles. The molecule has 27 heavy (non-hydrogen) atoms. The van der Waals surface area contributed by atoms with Crippen LogP contribution in [0.2, 0.25) is 0 Å². The van der Waals surface area contributed by atoms with Gasteiger partial charge in [-0.3, -0.25) is 13.5 Å². The summed E-state index contributed by atoms with van der Waals surface area (Å²) in [6.45, 7) is 0. The van der Waals surface area contributed by atoms with Gasteiger partial charge in [-0.25, -0.2) is 0 Å². The highest BCUT2D eigenvalue weighted by Crippen LogP contribution is 2.30. The average molecular weight is 416 g/mol. The van der Waals surface area contributed by atoms with Gasteiger partial charge in [0.15, 0.2) is 0 Å². The Morgan fingerprint density at radius 3 is 1.67 bits per heavy atom. The first-order valence-electron chi connectivity index (χ1n) is 7.24. The van der Waals surface area contributed by atoms with Gasteiger partial charge >= 0.3 is 0 Å². The van der Waals surface area contributed by atoms with Crippen LogP contribution in [0.15, 0.2) is 46.2 Å². The molecular formula is C16H16O9S2. The van der Waals surface area contributed by atoms with E-state index >= 15 is 0 Å². The maximum Gasteiger partial charge on any atom is 0.296 e. The van der Waals surface area contributed by atoms with E-state index in [1.54, 1.807) is 0 Å². The van der Waals surface area contributed by atoms with Crippen molar-refractivity contribution >= 4 is 26.0 Å². The predicted octanol–water partition coefficient (Wildman–Crippen LogP) is 1.52. The minimum Gasteiger partial charge on any atom is -0.496 e. The Morgan fingerprint density at radius 2 is 1.26 bits per heavy atom. The van der Waals surface area contributed by atoms with Crippen LogP contribution in [0.1, 0.15) is 15.9 Å². The van der Waals surface area contributed by atoms with Crippen LogP contribution in [0.3, 0.4) is 0 Å². The van der Waals surface area contributed by atoms with Crippen LogP contribution in [0.5, 0.6) is 11.5 Å². The number of ether oxygens (including phenoxy) is 2. The minimum atomic E-state index is -4.57. The Balaban J connectivity index is 2.72. The highest BCUT2D eigenvalue weighted by atomic mass is 32.2. The van der Waals surface area contributed by atoms with Gasteiger partial charge < -0.3 is 9.47 Å². The molecule has 2 aromatic rings. The highest BCUT2D eigenvalue weighted by molar-refractivity contribution is 7.86. The van der Waals surface area contributed by atoms with E-state index in [4.69, 9.17) is 9.47 Å². The third-order valence-corrected chi connectivity index (χ3v) is 5.76. The summed E-state index contributed by atoms with van der Waals surface area (Å²) in [7, 11) is -5.14. The van der Waals surface area contributed by atoms with Crippen LogP contribution in [0.25, 0.3) is 0 Å². The van der Waals surface area contributed by atoms with E-state index in [-0.39, 0.29) is 27.5 Å². The van der Waals surface area contributed by atoms with Gasteiger partial charge in [0.25, 0.3) is 20.2 Å². The van der Waals surface area contributed by atoms with Gasteiger partial charge in [-0.15, -0.1) is 0 Å². The molecule has 0 fully saturated rings. The number of ketones is 1. The number of hydrogen-bond donors (Lipinski definition) is 1. The summed E-state index contributed by atoms with van der Waals surface area (Å²) in [5.41, 5.74) is -0.376. The molecule has 0 bridgehead atoms. The van der Waals surface area contributed by atoms with Gasteiger partial charge in [0.1, 0.15) is 11.5 Å². The Kier molecular flexibility index (Phi) is 5.90. The summed E-state index contributed by atoms with van der Waals surface area (Å²) in [4.78, 5) is 12.2. The van der Waals surface area contributed by atoms with Gasteiger partial charge in [0.2, 0.25) is 5.78 Å². The van der Waals surface area contributed by atoms with Crippen molar-refractivity contribution in [1.29, 1.82) is 0 Å². The molecule has 0 heterocycles. The number of carbonyl (C=O) groups excluding carboxylic acids is 1. The molecule has 0 saturated heterocycles. The summed E-state index contributed by atoms with van der Waals surface area (Å²) in [6, 6.07) is 6.68. The monoisotopic (exact) mass is 416 g/mol. The fourth-order valence-corrected chi connectivity index (χ4v) is 3.48. The standard InChI is InChI=1S/C16H16O9S2/c1-23-14-6-4-10(26(18,19)20)8-12(14)16(17)13-9-11(27(21,22)25-3)5-7-15(13)24-2/h4-9H,1-3H3,(H,18,19,20). The summed E-state index contributed by atoms with van der Waals surface area (Å²) in [6.07, 6.45) is 0. The molecule has 0 amide bonds. The Hall–Kier alpha value is -2.47. The Labute approximate surface area is 156 Å². The quantitative estimate of drug-likeness (QED) is 0.405. The van der Waals surface area contributed by atoms with Crippen LogP contribution in [-0.2, 0) is 24.4 Å². The van der Waals surface area contributed by atoms with Crippen LogP contribution < -0.4 is 9.47 Å². The highest BCUT2D eigenvalue weighted by Gasteiger charge is 2.24. The smallest absolute Gasteiger partial charge is 0.296 e. The van der Waals surface area contributed by atoms with Gasteiger partial charge in [0.05, 0.1) is 42.2 Å². The number of carbonyl (C=O) groups is 1. The van der Waals surface area contributed by atoms with E-state index < -0.39 is 30.9 Å². The zero-order valence-corrected chi connectivity index (χ0v) is 16.1. The first kappa shape index (κ1) is 20.8. The second kappa shape index (κ2) is 7.64. The average Bonchev–Trinajstić information content (AvgIpc) is 2.65. The van der Waals surface area contributed by atoms with Crippen molar-refractivity contribution in [3.63, 3.8) is 0 Å². The van der Waals surface area contributed by atoms with Crippen LogP contribution in [0.4, 0.5) is 0 Å². The van der Waals surface area contributed by atoms with Gasteiger partial charge in [-0.2, -0.15) is 16.8 Å². The Morgan fingerprint density at radius 1 is 0.815 bits per heavy atom. The van der Waals surface area contributed by atoms with Gasteiger partial charge in [0, 0.05) is 0 Å². The third kappa shape index (κ3) is 4.27. The first-order chi connectivity index (χ1) is 12.5. The molecule has 0 unspecified atom stereocenters. The Bertz CT molecular complexity index is 1090. The maximum absolute atomic E-state index is 13.0. The van der Waals surface area contributed by atoms with Crippen LogP contribution in [-0.4, -0.2) is 48.5 Å². The zero-order valence-electron chi connectivity index (χ0n) is 14.5. The molecule has 0 aliphatic rings. The molecule has 146 valence electrons. The molecule has 0 atom stereocenters. The fourth-order valence-electron chi connectivity index (χ4n) is 2.29. The molecule has 11 heteroatoms. The SMILES string of the molecule is COc1ccc(S(=O)(=O)O)cc1C(=O)c1cc(S(=O)(=O)OC)ccc1OC. The number of methoxy groups -OCH3 is 2. The summed E-state index contributed by atoms with van der Waals surface area (Å²) < 4.78 is 70.4. The van der Waals surface area contributed by atoms with E-state index in [0.717, 1.165) is 25.3 Å². The molecule has 0 saturated carbocycles. The lowest BCUT2D eigenvalue weighted by Crippen LogP contribution is -2.10.